The zero-order valence-corrected chi connectivity index (χ0v) is 31.4. The monoisotopic (exact) mass is 718 g/mol. The Hall–Kier alpha value is 0.417. The molecule has 0 N–H and O–H groups in total. The Morgan fingerprint density at radius 3 is 0.833 bits per heavy atom. The van der Waals surface area contributed by atoms with Gasteiger partial charge in [-0.25, -0.2) is 0 Å². The van der Waals surface area contributed by atoms with E-state index in [1.54, 1.807) is 0 Å². The summed E-state index contributed by atoms with van der Waals surface area (Å²) in [6.45, 7) is 14.4. The third-order valence-electron chi connectivity index (χ3n) is 8.68. The fraction of sp³-hybridized carbons (Fsp3) is 0.812. The van der Waals surface area contributed by atoms with E-state index in [1.165, 1.54) is 115 Å². The second kappa shape index (κ2) is 19.5. The van der Waals surface area contributed by atoms with Crippen molar-refractivity contribution >= 4 is 43.9 Å². The van der Waals surface area contributed by atoms with Crippen LogP contribution in [0, 0.1) is 0 Å². The van der Waals surface area contributed by atoms with Gasteiger partial charge in [0, 0.05) is 0 Å². The fourth-order valence-electron chi connectivity index (χ4n) is 6.55. The van der Waals surface area contributed by atoms with Crippen LogP contribution in [-0.2, 0) is 0 Å². The molecule has 2 nitrogen and oxygen atoms in total. The summed E-state index contributed by atoms with van der Waals surface area (Å²) in [4.78, 5) is 0. The summed E-state index contributed by atoms with van der Waals surface area (Å²) in [6, 6.07) is 4.62. The topological polar surface area (TPSA) is 18.5 Å². The van der Waals surface area contributed by atoms with E-state index in [0.29, 0.717) is 0 Å². The van der Waals surface area contributed by atoms with Crippen LogP contribution < -0.4 is 16.6 Å². The van der Waals surface area contributed by atoms with Crippen molar-refractivity contribution in [3.05, 3.63) is 12.1 Å². The number of ether oxygens (including phenoxy) is 2. The molecule has 0 fully saturated rings. The van der Waals surface area contributed by atoms with Crippen LogP contribution in [0.2, 0.25) is 26.6 Å². The van der Waals surface area contributed by atoms with Gasteiger partial charge in [-0.2, -0.15) is 0 Å². The summed E-state index contributed by atoms with van der Waals surface area (Å²) in [5, 5.41) is 0. The molecule has 1 aromatic rings. The van der Waals surface area contributed by atoms with E-state index in [9.17, 15) is 0 Å². The van der Waals surface area contributed by atoms with Gasteiger partial charge in [0.05, 0.1) is 0 Å². The molecule has 0 saturated heterocycles. The molecule has 1 rings (SSSR count). The number of methoxy groups -OCH3 is 2. The van der Waals surface area contributed by atoms with Crippen molar-refractivity contribution in [1.29, 1.82) is 0 Å². The molecule has 0 aromatic heterocycles. The Balaban J connectivity index is 4.12. The predicted octanol–water partition coefficient (Wildman–Crippen LogP) is 9.82. The summed E-state index contributed by atoms with van der Waals surface area (Å²) in [5.41, 5.74) is 0. The first kappa shape index (κ1) is 34.4. The molecule has 1 aromatic carbocycles. The Kier molecular flexibility index (Phi) is 18.6. The van der Waals surface area contributed by atoms with E-state index in [2.05, 4.69) is 53.7 Å². The predicted molar refractivity (Wildman–Crippen MR) is 169 cm³/mol. The molecule has 0 bridgehead atoms. The number of benzene rings is 1. The number of rotatable bonds is 22. The molecule has 0 unspecified atom stereocenters. The molecule has 0 spiro atoms. The quantitative estimate of drug-likeness (QED) is 0.111. The van der Waals surface area contributed by atoms with Gasteiger partial charge in [-0.3, -0.25) is 0 Å². The van der Waals surface area contributed by atoms with Crippen LogP contribution in [0.1, 0.15) is 119 Å². The van der Waals surface area contributed by atoms with E-state index in [4.69, 9.17) is 9.47 Å². The number of hydrogen-bond donors (Lipinski definition) is 0. The molecule has 0 aliphatic heterocycles. The van der Waals surface area contributed by atoms with E-state index >= 15 is 0 Å². The Bertz CT molecular complexity index is 601. The summed E-state index contributed by atoms with van der Waals surface area (Å²) < 4.78 is 25.4. The van der Waals surface area contributed by atoms with Gasteiger partial charge < -0.3 is 0 Å². The molecule has 0 aliphatic rings. The summed E-state index contributed by atoms with van der Waals surface area (Å²) >= 11 is -5.58. The Morgan fingerprint density at radius 2 is 0.667 bits per heavy atom. The minimum atomic E-state index is -2.79. The molecule has 0 saturated carbocycles. The van der Waals surface area contributed by atoms with Gasteiger partial charge in [-0.05, 0) is 0 Å². The zero-order valence-electron chi connectivity index (χ0n) is 25.7. The second-order valence-corrected chi connectivity index (χ2v) is 37.4. The van der Waals surface area contributed by atoms with Gasteiger partial charge in [0.2, 0.25) is 0 Å². The Labute approximate surface area is 234 Å². The van der Waals surface area contributed by atoms with Crippen molar-refractivity contribution in [3.8, 4) is 11.5 Å². The van der Waals surface area contributed by atoms with E-state index in [1.807, 2.05) is 21.4 Å². The van der Waals surface area contributed by atoms with Crippen molar-refractivity contribution in [3.63, 3.8) is 0 Å². The van der Waals surface area contributed by atoms with Crippen LogP contribution in [0.25, 0.3) is 0 Å². The van der Waals surface area contributed by atoms with Crippen molar-refractivity contribution < 1.29 is 9.47 Å². The van der Waals surface area contributed by atoms with Gasteiger partial charge in [-0.1, -0.05) is 0 Å². The van der Waals surface area contributed by atoms with Crippen molar-refractivity contribution in [2.24, 2.45) is 0 Å². The first-order valence-electron chi connectivity index (χ1n) is 15.7. The maximum atomic E-state index is 6.37. The number of hydrogen-bond acceptors (Lipinski definition) is 2. The fourth-order valence-corrected chi connectivity index (χ4v) is 50.7. The number of unbranched alkanes of at least 4 members (excludes halogenated alkanes) is 6. The molecule has 0 amide bonds. The third kappa shape index (κ3) is 9.56. The molecule has 0 heterocycles. The van der Waals surface area contributed by atoms with Gasteiger partial charge in [0.1, 0.15) is 0 Å². The van der Waals surface area contributed by atoms with Gasteiger partial charge >= 0.3 is 236 Å². The molecule has 0 aliphatic carbocycles. The standard InChI is InChI=1S/C8H8O2.6C4H9.2Sn/c1-9-7-3-5-8(10-2)6-4-7;6*1-3-4-2;;/h3,5H,1-2H3;6*1,3-4H2,2H3;;. The first-order valence-corrected chi connectivity index (χ1v) is 30.7. The van der Waals surface area contributed by atoms with Crippen LogP contribution >= 0.6 is 0 Å². The zero-order chi connectivity index (χ0) is 26.9. The second-order valence-electron chi connectivity index (χ2n) is 11.4. The first-order chi connectivity index (χ1) is 17.5. The van der Waals surface area contributed by atoms with Gasteiger partial charge in [-0.15, -0.1) is 0 Å². The average molecular weight is 716 g/mol. The minimum absolute atomic E-state index is 1.26. The molecule has 0 radical (unpaired) electrons. The van der Waals surface area contributed by atoms with Crippen LogP contribution in [0.3, 0.4) is 0 Å². The van der Waals surface area contributed by atoms with Crippen molar-refractivity contribution in [1.82, 2.24) is 0 Å². The van der Waals surface area contributed by atoms with E-state index < -0.39 is 36.8 Å². The van der Waals surface area contributed by atoms with Crippen LogP contribution in [-0.4, -0.2) is 51.0 Å². The van der Waals surface area contributed by atoms with Crippen molar-refractivity contribution in [2.75, 3.05) is 14.2 Å². The summed E-state index contributed by atoms with van der Waals surface area (Å²) in [7, 11) is 3.90. The maximum absolute atomic E-state index is 6.37. The van der Waals surface area contributed by atoms with Gasteiger partial charge in [0.15, 0.2) is 0 Å². The summed E-state index contributed by atoms with van der Waals surface area (Å²) in [5.74, 6) is 2.52. The molecule has 36 heavy (non-hydrogen) atoms. The van der Waals surface area contributed by atoms with Crippen LogP contribution in [0.15, 0.2) is 12.1 Å². The van der Waals surface area contributed by atoms with Gasteiger partial charge in [0.25, 0.3) is 0 Å². The SMILES string of the molecule is CCC[CH2][Sn]([CH2]CCC)([CH2]CCC)[c]1c(OC)ccc(OC)[c]1[Sn]([CH2]CCC)([CH2]CCC)[CH2]CCC. The molecular formula is C32H62O2Sn2. The summed E-state index contributed by atoms with van der Waals surface area (Å²) in [6.07, 6.45) is 16.2. The molecule has 0 atom stereocenters. The van der Waals surface area contributed by atoms with E-state index in [0.717, 1.165) is 0 Å². The molecule has 210 valence electrons. The molecular weight excluding hydrogens is 654 g/mol. The average Bonchev–Trinajstić information content (AvgIpc) is 2.92. The van der Waals surface area contributed by atoms with Crippen molar-refractivity contribution in [2.45, 2.75) is 145 Å². The third-order valence-corrected chi connectivity index (χ3v) is 42.1. The normalized spacial score (nSPS) is 12.2. The van der Waals surface area contributed by atoms with E-state index in [-0.39, 0.29) is 0 Å². The Morgan fingerprint density at radius 1 is 0.444 bits per heavy atom. The van der Waals surface area contributed by atoms with Crippen LogP contribution in [0.5, 0.6) is 11.5 Å². The molecule has 4 heteroatoms. The van der Waals surface area contributed by atoms with Crippen LogP contribution in [0.4, 0.5) is 0 Å².